The maximum absolute atomic E-state index is 5.83. The lowest BCUT2D eigenvalue weighted by Crippen LogP contribution is -2.25. The van der Waals surface area contributed by atoms with Gasteiger partial charge < -0.3 is 14.5 Å². The summed E-state index contributed by atoms with van der Waals surface area (Å²) in [6.07, 6.45) is 5.11. The first kappa shape index (κ1) is 13.3. The number of nitrogens with one attached hydrogen (secondary N) is 1. The quantitative estimate of drug-likeness (QED) is 0.915. The summed E-state index contributed by atoms with van der Waals surface area (Å²) < 4.78 is 11.7. The zero-order valence-corrected chi connectivity index (χ0v) is 12.7. The molecule has 2 aromatic rings. The number of aromatic nitrogens is 2. The van der Waals surface area contributed by atoms with Crippen LogP contribution >= 0.6 is 0 Å². The number of ether oxygens (including phenoxy) is 2. The number of hydrogen-bond donors (Lipinski definition) is 1. The van der Waals surface area contributed by atoms with Crippen molar-refractivity contribution in [2.24, 2.45) is 0 Å². The van der Waals surface area contributed by atoms with Crippen LogP contribution in [0.3, 0.4) is 0 Å². The van der Waals surface area contributed by atoms with E-state index in [0.29, 0.717) is 11.8 Å². The molecule has 3 heterocycles. The van der Waals surface area contributed by atoms with Crippen LogP contribution in [0.2, 0.25) is 0 Å². The molecule has 1 N–H and O–H groups in total. The van der Waals surface area contributed by atoms with Gasteiger partial charge in [-0.1, -0.05) is 13.8 Å². The normalized spacial score (nSPS) is 24.6. The number of aromatic amines is 1. The standard InChI is InChI=1S/C17H22N2O2/c1-11(2)13-10-18-15-4-3-14(19-16(13)15)12-5-6-17(9-12)20-7-8-21-17/h3-4,10-12,18H,5-9H2,1-2H3. The first-order chi connectivity index (χ1) is 10.2. The van der Waals surface area contributed by atoms with E-state index in [2.05, 4.69) is 37.2 Å². The Bertz CT molecular complexity index is 656. The van der Waals surface area contributed by atoms with Gasteiger partial charge in [-0.3, -0.25) is 4.98 Å². The van der Waals surface area contributed by atoms with Crippen molar-refractivity contribution in [3.05, 3.63) is 29.6 Å². The smallest absolute Gasteiger partial charge is 0.169 e. The highest BCUT2D eigenvalue weighted by molar-refractivity contribution is 5.79. The lowest BCUT2D eigenvalue weighted by Gasteiger charge is -2.21. The third-order valence-corrected chi connectivity index (χ3v) is 4.86. The number of H-pyrrole nitrogens is 1. The maximum atomic E-state index is 5.83. The molecule has 4 heteroatoms. The van der Waals surface area contributed by atoms with Gasteiger partial charge in [0.05, 0.1) is 24.2 Å². The van der Waals surface area contributed by atoms with Gasteiger partial charge in [-0.15, -0.1) is 0 Å². The van der Waals surface area contributed by atoms with Crippen molar-refractivity contribution in [3.8, 4) is 0 Å². The summed E-state index contributed by atoms with van der Waals surface area (Å²) in [4.78, 5) is 8.27. The monoisotopic (exact) mass is 286 g/mol. The van der Waals surface area contributed by atoms with E-state index in [0.717, 1.165) is 43.5 Å². The van der Waals surface area contributed by atoms with Gasteiger partial charge in [0.1, 0.15) is 0 Å². The van der Waals surface area contributed by atoms with E-state index in [9.17, 15) is 0 Å². The van der Waals surface area contributed by atoms with Crippen LogP contribution in [0.4, 0.5) is 0 Å². The molecular formula is C17H22N2O2. The summed E-state index contributed by atoms with van der Waals surface area (Å²) in [6, 6.07) is 4.31. The fourth-order valence-corrected chi connectivity index (χ4v) is 3.69. The van der Waals surface area contributed by atoms with Crippen LogP contribution in [0, 0.1) is 0 Å². The fraction of sp³-hybridized carbons (Fsp3) is 0.588. The summed E-state index contributed by atoms with van der Waals surface area (Å²) in [5.41, 5.74) is 4.73. The summed E-state index contributed by atoms with van der Waals surface area (Å²) in [5.74, 6) is 0.612. The molecule has 2 fully saturated rings. The molecule has 112 valence electrons. The summed E-state index contributed by atoms with van der Waals surface area (Å²) in [6.45, 7) is 5.88. The molecule has 1 saturated carbocycles. The van der Waals surface area contributed by atoms with Gasteiger partial charge in [0.15, 0.2) is 5.79 Å². The van der Waals surface area contributed by atoms with E-state index in [1.165, 1.54) is 11.3 Å². The molecule has 1 aliphatic heterocycles. The highest BCUT2D eigenvalue weighted by atomic mass is 16.7. The summed E-state index contributed by atoms with van der Waals surface area (Å²) in [5, 5.41) is 0. The van der Waals surface area contributed by atoms with Crippen molar-refractivity contribution >= 4 is 11.0 Å². The van der Waals surface area contributed by atoms with Gasteiger partial charge in [0.2, 0.25) is 0 Å². The average Bonchev–Trinajstić information content (AvgIpc) is 3.19. The van der Waals surface area contributed by atoms with Crippen LogP contribution in [-0.2, 0) is 9.47 Å². The zero-order valence-electron chi connectivity index (χ0n) is 12.7. The van der Waals surface area contributed by atoms with E-state index >= 15 is 0 Å². The van der Waals surface area contributed by atoms with Crippen molar-refractivity contribution in [2.75, 3.05) is 13.2 Å². The maximum Gasteiger partial charge on any atom is 0.169 e. The number of hydrogen-bond acceptors (Lipinski definition) is 3. The highest BCUT2D eigenvalue weighted by Gasteiger charge is 2.44. The zero-order chi connectivity index (χ0) is 14.4. The van der Waals surface area contributed by atoms with Crippen molar-refractivity contribution in [1.29, 1.82) is 0 Å². The minimum absolute atomic E-state index is 0.319. The van der Waals surface area contributed by atoms with Crippen LogP contribution in [-0.4, -0.2) is 29.0 Å². The van der Waals surface area contributed by atoms with Crippen LogP contribution < -0.4 is 0 Å². The Morgan fingerprint density at radius 2 is 2.10 bits per heavy atom. The average molecular weight is 286 g/mol. The Kier molecular flexibility index (Phi) is 3.05. The highest BCUT2D eigenvalue weighted by Crippen LogP contribution is 2.45. The largest absolute Gasteiger partial charge is 0.360 e. The van der Waals surface area contributed by atoms with E-state index < -0.39 is 0 Å². The van der Waals surface area contributed by atoms with Crippen LogP contribution in [0.15, 0.2) is 18.3 Å². The van der Waals surface area contributed by atoms with E-state index in [1.54, 1.807) is 0 Å². The molecule has 0 radical (unpaired) electrons. The minimum Gasteiger partial charge on any atom is -0.360 e. The van der Waals surface area contributed by atoms with Gasteiger partial charge in [-0.05, 0) is 30.0 Å². The second-order valence-corrected chi connectivity index (χ2v) is 6.58. The van der Waals surface area contributed by atoms with Gasteiger partial charge in [0.25, 0.3) is 0 Å². The first-order valence-corrected chi connectivity index (χ1v) is 7.93. The summed E-state index contributed by atoms with van der Waals surface area (Å²) in [7, 11) is 0. The molecule has 1 atom stereocenters. The van der Waals surface area contributed by atoms with Gasteiger partial charge in [-0.2, -0.15) is 0 Å². The third kappa shape index (κ3) is 2.17. The molecule has 2 aliphatic rings. The first-order valence-electron chi connectivity index (χ1n) is 7.93. The van der Waals surface area contributed by atoms with Gasteiger partial charge in [-0.25, -0.2) is 0 Å². The van der Waals surface area contributed by atoms with E-state index in [4.69, 9.17) is 14.5 Å². The number of rotatable bonds is 2. The predicted molar refractivity (Wildman–Crippen MR) is 81.4 cm³/mol. The van der Waals surface area contributed by atoms with Crippen molar-refractivity contribution < 1.29 is 9.47 Å². The molecule has 4 rings (SSSR count). The molecule has 1 spiro atoms. The van der Waals surface area contributed by atoms with E-state index in [1.807, 2.05) is 0 Å². The lowest BCUT2D eigenvalue weighted by molar-refractivity contribution is -0.151. The third-order valence-electron chi connectivity index (χ3n) is 4.86. The summed E-state index contributed by atoms with van der Waals surface area (Å²) >= 11 is 0. The molecule has 1 unspecified atom stereocenters. The predicted octanol–water partition coefficient (Wildman–Crippen LogP) is 3.70. The Balaban J connectivity index is 1.66. The number of pyridine rings is 1. The lowest BCUT2D eigenvalue weighted by atomic mass is 10.0. The Hall–Kier alpha value is -1.39. The van der Waals surface area contributed by atoms with E-state index in [-0.39, 0.29) is 5.79 Å². The Morgan fingerprint density at radius 1 is 1.29 bits per heavy atom. The second kappa shape index (κ2) is 4.82. The molecule has 0 bridgehead atoms. The minimum atomic E-state index is -0.319. The van der Waals surface area contributed by atoms with Crippen LogP contribution in [0.1, 0.15) is 56.2 Å². The number of nitrogens with zero attached hydrogens (tertiary/aromatic N) is 1. The van der Waals surface area contributed by atoms with Crippen molar-refractivity contribution in [1.82, 2.24) is 9.97 Å². The second-order valence-electron chi connectivity index (χ2n) is 6.58. The SMILES string of the molecule is CC(C)c1c[nH]c2ccc(C3CCC4(C3)OCCO4)nc12. The molecular weight excluding hydrogens is 264 g/mol. The molecule has 0 aromatic carbocycles. The Morgan fingerprint density at radius 3 is 2.86 bits per heavy atom. The molecule has 0 amide bonds. The van der Waals surface area contributed by atoms with Crippen LogP contribution in [0.25, 0.3) is 11.0 Å². The Labute approximate surface area is 124 Å². The van der Waals surface area contributed by atoms with Gasteiger partial charge in [0, 0.05) is 30.7 Å². The van der Waals surface area contributed by atoms with Crippen molar-refractivity contribution in [3.63, 3.8) is 0 Å². The molecule has 4 nitrogen and oxygen atoms in total. The molecule has 2 aromatic heterocycles. The fourth-order valence-electron chi connectivity index (χ4n) is 3.69. The molecule has 1 saturated heterocycles. The molecule has 21 heavy (non-hydrogen) atoms. The number of fused-ring (bicyclic) bond motifs is 1. The topological polar surface area (TPSA) is 47.1 Å². The van der Waals surface area contributed by atoms with Crippen molar-refractivity contribution in [2.45, 2.75) is 50.7 Å². The van der Waals surface area contributed by atoms with Gasteiger partial charge >= 0.3 is 0 Å². The van der Waals surface area contributed by atoms with Crippen LogP contribution in [0.5, 0.6) is 0 Å². The molecule has 1 aliphatic carbocycles.